The van der Waals surface area contributed by atoms with Crippen LogP contribution in [-0.4, -0.2) is 44.7 Å². The van der Waals surface area contributed by atoms with Crippen molar-refractivity contribution in [3.05, 3.63) is 53.1 Å². The van der Waals surface area contributed by atoms with Gasteiger partial charge in [0, 0.05) is 24.8 Å². The van der Waals surface area contributed by atoms with Crippen LogP contribution in [0.5, 0.6) is 0 Å². The SMILES string of the molecule is CCn1nnc2cc(C(=O)Nc3ccc4c(c3)C(=O)N(C)C4=O)ccc21. The molecule has 1 aliphatic rings. The highest BCUT2D eigenvalue weighted by Crippen LogP contribution is 2.25. The van der Waals surface area contributed by atoms with E-state index in [1.165, 1.54) is 13.1 Å². The lowest BCUT2D eigenvalue weighted by molar-refractivity contribution is 0.0692. The van der Waals surface area contributed by atoms with Crippen LogP contribution in [0.1, 0.15) is 38.0 Å². The first-order valence-corrected chi connectivity index (χ1v) is 8.10. The number of benzene rings is 2. The second-order valence-corrected chi connectivity index (χ2v) is 5.99. The largest absolute Gasteiger partial charge is 0.322 e. The van der Waals surface area contributed by atoms with Gasteiger partial charge in [-0.1, -0.05) is 5.21 Å². The third-order valence-corrected chi connectivity index (χ3v) is 4.42. The fraction of sp³-hybridized carbons (Fsp3) is 0.167. The topological polar surface area (TPSA) is 97.2 Å². The van der Waals surface area contributed by atoms with Crippen LogP contribution >= 0.6 is 0 Å². The molecule has 0 aliphatic carbocycles. The molecule has 3 amide bonds. The van der Waals surface area contributed by atoms with Gasteiger partial charge in [-0.2, -0.15) is 0 Å². The summed E-state index contributed by atoms with van der Waals surface area (Å²) in [6, 6.07) is 9.83. The number of imide groups is 1. The number of aryl methyl sites for hydroxylation is 1. The van der Waals surface area contributed by atoms with E-state index in [1.807, 2.05) is 6.92 Å². The van der Waals surface area contributed by atoms with Gasteiger partial charge in [-0.15, -0.1) is 5.10 Å². The van der Waals surface area contributed by atoms with Crippen LogP contribution < -0.4 is 5.32 Å². The predicted octanol–water partition coefficient (Wildman–Crippen LogP) is 1.93. The van der Waals surface area contributed by atoms with Gasteiger partial charge >= 0.3 is 0 Å². The van der Waals surface area contributed by atoms with Crippen molar-refractivity contribution in [1.29, 1.82) is 0 Å². The lowest BCUT2D eigenvalue weighted by Crippen LogP contribution is -2.24. The number of carbonyl (C=O) groups excluding carboxylic acids is 3. The second kappa shape index (κ2) is 5.76. The Kier molecular flexibility index (Phi) is 3.54. The highest BCUT2D eigenvalue weighted by molar-refractivity contribution is 6.21. The summed E-state index contributed by atoms with van der Waals surface area (Å²) in [5.41, 5.74) is 3.00. The lowest BCUT2D eigenvalue weighted by atomic mass is 10.1. The molecule has 0 radical (unpaired) electrons. The molecule has 26 heavy (non-hydrogen) atoms. The zero-order valence-corrected chi connectivity index (χ0v) is 14.2. The molecule has 2 heterocycles. The minimum absolute atomic E-state index is 0.289. The normalized spacial score (nSPS) is 13.4. The number of aromatic nitrogens is 3. The van der Waals surface area contributed by atoms with Gasteiger partial charge in [0.05, 0.1) is 16.6 Å². The first kappa shape index (κ1) is 15.9. The average molecular weight is 349 g/mol. The molecule has 0 atom stereocenters. The molecule has 8 nitrogen and oxygen atoms in total. The first-order chi connectivity index (χ1) is 12.5. The predicted molar refractivity (Wildman–Crippen MR) is 94.0 cm³/mol. The molecular weight excluding hydrogens is 334 g/mol. The zero-order chi connectivity index (χ0) is 18.4. The number of nitrogens with one attached hydrogen (secondary N) is 1. The van der Waals surface area contributed by atoms with E-state index in [4.69, 9.17) is 0 Å². The molecule has 0 saturated heterocycles. The second-order valence-electron chi connectivity index (χ2n) is 5.99. The van der Waals surface area contributed by atoms with E-state index in [1.54, 1.807) is 35.0 Å². The summed E-state index contributed by atoms with van der Waals surface area (Å²) in [7, 11) is 1.43. The number of amides is 3. The fourth-order valence-electron chi connectivity index (χ4n) is 2.99. The Hall–Kier alpha value is -3.55. The smallest absolute Gasteiger partial charge is 0.261 e. The molecule has 8 heteroatoms. The van der Waals surface area contributed by atoms with E-state index < -0.39 is 0 Å². The lowest BCUT2D eigenvalue weighted by Gasteiger charge is -2.06. The molecule has 1 N–H and O–H groups in total. The molecule has 3 aromatic rings. The van der Waals surface area contributed by atoms with Crippen LogP contribution in [0.25, 0.3) is 11.0 Å². The van der Waals surface area contributed by atoms with E-state index in [0.717, 1.165) is 10.4 Å². The molecule has 0 fully saturated rings. The van der Waals surface area contributed by atoms with E-state index in [0.29, 0.717) is 28.9 Å². The molecule has 1 aromatic heterocycles. The third kappa shape index (κ3) is 2.34. The highest BCUT2D eigenvalue weighted by atomic mass is 16.2. The molecule has 0 unspecified atom stereocenters. The van der Waals surface area contributed by atoms with E-state index in [9.17, 15) is 14.4 Å². The first-order valence-electron chi connectivity index (χ1n) is 8.10. The van der Waals surface area contributed by atoms with Crippen molar-refractivity contribution in [3.8, 4) is 0 Å². The van der Waals surface area contributed by atoms with E-state index in [-0.39, 0.29) is 23.3 Å². The maximum absolute atomic E-state index is 12.5. The molecule has 2 aromatic carbocycles. The van der Waals surface area contributed by atoms with Gasteiger partial charge in [0.25, 0.3) is 17.7 Å². The van der Waals surface area contributed by atoms with Crippen LogP contribution in [0.4, 0.5) is 5.69 Å². The number of nitrogens with zero attached hydrogens (tertiary/aromatic N) is 4. The van der Waals surface area contributed by atoms with Gasteiger partial charge in [0.15, 0.2) is 0 Å². The summed E-state index contributed by atoms with van der Waals surface area (Å²) in [5, 5.41) is 10.8. The Morgan fingerprint density at radius 1 is 1.08 bits per heavy atom. The Morgan fingerprint density at radius 2 is 1.85 bits per heavy atom. The van der Waals surface area contributed by atoms with Crippen molar-refractivity contribution < 1.29 is 14.4 Å². The minimum Gasteiger partial charge on any atom is -0.322 e. The van der Waals surface area contributed by atoms with Crippen LogP contribution in [0.2, 0.25) is 0 Å². The van der Waals surface area contributed by atoms with Crippen LogP contribution in [-0.2, 0) is 6.54 Å². The van der Waals surface area contributed by atoms with Gasteiger partial charge in [-0.3, -0.25) is 19.3 Å². The van der Waals surface area contributed by atoms with Gasteiger partial charge in [-0.25, -0.2) is 4.68 Å². The van der Waals surface area contributed by atoms with Crippen LogP contribution in [0, 0.1) is 0 Å². The molecule has 4 rings (SSSR count). The van der Waals surface area contributed by atoms with Crippen molar-refractivity contribution in [1.82, 2.24) is 19.9 Å². The zero-order valence-electron chi connectivity index (χ0n) is 14.2. The number of fused-ring (bicyclic) bond motifs is 2. The highest BCUT2D eigenvalue weighted by Gasteiger charge is 2.32. The number of rotatable bonds is 3. The van der Waals surface area contributed by atoms with Crippen molar-refractivity contribution in [2.75, 3.05) is 12.4 Å². The summed E-state index contributed by atoms with van der Waals surface area (Å²) < 4.78 is 1.75. The number of anilines is 1. The minimum atomic E-state index is -0.376. The Labute approximate surface area is 148 Å². The van der Waals surface area contributed by atoms with Crippen molar-refractivity contribution in [3.63, 3.8) is 0 Å². The number of carbonyl (C=O) groups is 3. The molecule has 1 aliphatic heterocycles. The molecule has 0 bridgehead atoms. The quantitative estimate of drug-likeness (QED) is 0.729. The molecule has 0 spiro atoms. The summed E-state index contributed by atoms with van der Waals surface area (Å²) in [4.78, 5) is 37.6. The third-order valence-electron chi connectivity index (χ3n) is 4.42. The molecular formula is C18H15N5O3. The fourth-order valence-corrected chi connectivity index (χ4v) is 2.99. The van der Waals surface area contributed by atoms with Crippen molar-refractivity contribution in [2.45, 2.75) is 13.5 Å². The van der Waals surface area contributed by atoms with Crippen LogP contribution in [0.15, 0.2) is 36.4 Å². The van der Waals surface area contributed by atoms with E-state index in [2.05, 4.69) is 15.6 Å². The maximum Gasteiger partial charge on any atom is 0.261 e. The summed E-state index contributed by atoms with van der Waals surface area (Å²) in [5.74, 6) is -1.05. The number of hydrogen-bond donors (Lipinski definition) is 1. The summed E-state index contributed by atoms with van der Waals surface area (Å²) in [6.45, 7) is 2.66. The van der Waals surface area contributed by atoms with E-state index >= 15 is 0 Å². The molecule has 0 saturated carbocycles. The van der Waals surface area contributed by atoms with Crippen molar-refractivity contribution >= 4 is 34.4 Å². The summed E-state index contributed by atoms with van der Waals surface area (Å²) >= 11 is 0. The van der Waals surface area contributed by atoms with Gasteiger partial charge in [0.1, 0.15) is 5.52 Å². The Bertz CT molecular complexity index is 1090. The summed E-state index contributed by atoms with van der Waals surface area (Å²) in [6.07, 6.45) is 0. The number of hydrogen-bond acceptors (Lipinski definition) is 5. The van der Waals surface area contributed by atoms with Gasteiger partial charge < -0.3 is 5.32 Å². The van der Waals surface area contributed by atoms with Crippen LogP contribution in [0.3, 0.4) is 0 Å². The average Bonchev–Trinajstić information content (AvgIpc) is 3.16. The van der Waals surface area contributed by atoms with Gasteiger partial charge in [-0.05, 0) is 43.3 Å². The molecule has 130 valence electrons. The maximum atomic E-state index is 12.5. The standard InChI is InChI=1S/C18H15N5O3/c1-3-23-15-7-4-10(8-14(15)20-21-23)16(24)19-11-5-6-12-13(9-11)18(26)22(2)17(12)25/h4-9H,3H2,1-2H3,(H,19,24). The van der Waals surface area contributed by atoms with Gasteiger partial charge in [0.2, 0.25) is 0 Å². The monoisotopic (exact) mass is 349 g/mol. The Balaban J connectivity index is 1.61. The van der Waals surface area contributed by atoms with Crippen molar-refractivity contribution in [2.24, 2.45) is 0 Å². The Morgan fingerprint density at radius 3 is 2.62 bits per heavy atom.